The molecule has 43 heavy (non-hydrogen) atoms. The molecule has 1 saturated heterocycles. The first-order valence-corrected chi connectivity index (χ1v) is 14.9. The van der Waals surface area contributed by atoms with Crippen molar-refractivity contribution in [2.45, 2.75) is 24.8 Å². The van der Waals surface area contributed by atoms with Crippen LogP contribution in [0.2, 0.25) is 0 Å². The predicted molar refractivity (Wildman–Crippen MR) is 169 cm³/mol. The molecule has 1 fully saturated rings. The predicted octanol–water partition coefficient (Wildman–Crippen LogP) is 7.06. The van der Waals surface area contributed by atoms with Crippen molar-refractivity contribution in [1.29, 1.82) is 0 Å². The molecule has 0 N–H and O–H groups in total. The van der Waals surface area contributed by atoms with Crippen molar-refractivity contribution in [3.05, 3.63) is 143 Å². The zero-order chi connectivity index (χ0) is 29.1. The van der Waals surface area contributed by atoms with E-state index in [1.54, 1.807) is 0 Å². The first-order chi connectivity index (χ1) is 21.1. The monoisotopic (exact) mass is 562 g/mol. The van der Waals surface area contributed by atoms with E-state index in [1.807, 2.05) is 73.8 Å². The van der Waals surface area contributed by atoms with Gasteiger partial charge in [-0.1, -0.05) is 91.0 Å². The summed E-state index contributed by atoms with van der Waals surface area (Å²) in [6.45, 7) is 2.95. The smallest absolute Gasteiger partial charge is 0.239 e. The van der Waals surface area contributed by atoms with Gasteiger partial charge >= 0.3 is 0 Å². The van der Waals surface area contributed by atoms with E-state index in [1.165, 1.54) is 15.7 Å². The fraction of sp³-hybridized carbons (Fsp3) is 0.184. The third-order valence-electron chi connectivity index (χ3n) is 9.53. The second-order valence-corrected chi connectivity index (χ2v) is 11.6. The average molecular weight is 563 g/mol. The van der Waals surface area contributed by atoms with Gasteiger partial charge in [-0.15, -0.1) is 0 Å². The zero-order valence-corrected chi connectivity index (χ0v) is 23.8. The van der Waals surface area contributed by atoms with E-state index in [0.717, 1.165) is 27.8 Å². The average Bonchev–Trinajstić information content (AvgIpc) is 3.32. The molecule has 5 nitrogen and oxygen atoms in total. The molecule has 0 saturated carbocycles. The molecule has 3 aliphatic carbocycles. The molecule has 2 bridgehead atoms. The van der Waals surface area contributed by atoms with Gasteiger partial charge < -0.3 is 4.74 Å². The summed E-state index contributed by atoms with van der Waals surface area (Å²) in [7, 11) is 0. The van der Waals surface area contributed by atoms with E-state index in [9.17, 15) is 9.59 Å². The van der Waals surface area contributed by atoms with E-state index in [-0.39, 0.29) is 17.7 Å². The van der Waals surface area contributed by atoms with Crippen LogP contribution in [0.4, 0.5) is 5.69 Å². The summed E-state index contributed by atoms with van der Waals surface area (Å²) in [5.41, 5.74) is 5.17. The van der Waals surface area contributed by atoms with Gasteiger partial charge in [-0.05, 0) is 69.8 Å². The van der Waals surface area contributed by atoms with Crippen molar-refractivity contribution in [1.82, 2.24) is 0 Å². The largest absolute Gasteiger partial charge is 0.494 e. The van der Waals surface area contributed by atoms with Crippen LogP contribution in [0.3, 0.4) is 0 Å². The van der Waals surface area contributed by atoms with Crippen molar-refractivity contribution in [3.8, 4) is 5.75 Å². The van der Waals surface area contributed by atoms with Crippen LogP contribution >= 0.6 is 0 Å². The Hall–Kier alpha value is -5.03. The van der Waals surface area contributed by atoms with Crippen LogP contribution < -0.4 is 9.64 Å². The van der Waals surface area contributed by atoms with Gasteiger partial charge in [0.25, 0.3) is 0 Å². The minimum absolute atomic E-state index is 0.153. The van der Waals surface area contributed by atoms with E-state index in [4.69, 9.17) is 9.73 Å². The summed E-state index contributed by atoms with van der Waals surface area (Å²) < 4.78 is 5.62. The highest BCUT2D eigenvalue weighted by molar-refractivity contribution is 6.25. The molecule has 2 atom stereocenters. The van der Waals surface area contributed by atoms with Gasteiger partial charge in [0.1, 0.15) is 5.75 Å². The molecule has 5 aromatic carbocycles. The third-order valence-corrected chi connectivity index (χ3v) is 9.53. The Balaban J connectivity index is 1.29. The van der Waals surface area contributed by atoms with E-state index < -0.39 is 17.3 Å². The summed E-state index contributed by atoms with van der Waals surface area (Å²) in [4.78, 5) is 35.5. The molecule has 4 aliphatic rings. The van der Waals surface area contributed by atoms with Crippen LogP contribution in [-0.2, 0) is 21.5 Å². The van der Waals surface area contributed by atoms with Crippen LogP contribution in [-0.4, -0.2) is 24.6 Å². The van der Waals surface area contributed by atoms with Crippen LogP contribution in [0.1, 0.15) is 40.7 Å². The number of hydrogen-bond acceptors (Lipinski definition) is 4. The molecule has 0 aromatic heterocycles. The molecular weight excluding hydrogens is 532 g/mol. The van der Waals surface area contributed by atoms with E-state index in [2.05, 4.69) is 54.6 Å². The summed E-state index contributed by atoms with van der Waals surface area (Å²) in [5, 5.41) is 2.34. The van der Waals surface area contributed by atoms with Crippen molar-refractivity contribution >= 4 is 34.5 Å². The lowest BCUT2D eigenvalue weighted by molar-refractivity contribution is -0.122. The number of ether oxygens (including phenoxy) is 1. The summed E-state index contributed by atoms with van der Waals surface area (Å²) in [5.74, 6) is -0.940. The Morgan fingerprint density at radius 1 is 0.767 bits per heavy atom. The zero-order valence-electron chi connectivity index (χ0n) is 23.8. The molecule has 5 heteroatoms. The number of imide groups is 1. The molecule has 0 unspecified atom stereocenters. The van der Waals surface area contributed by atoms with Crippen LogP contribution in [0, 0.1) is 11.8 Å². The highest BCUT2D eigenvalue weighted by Crippen LogP contribution is 2.63. The van der Waals surface area contributed by atoms with Crippen LogP contribution in [0.15, 0.2) is 120 Å². The normalized spacial score (nSPS) is 23.5. The number of fused-ring (bicyclic) bond motifs is 1. The third kappa shape index (κ3) is 3.61. The molecule has 2 amide bonds. The van der Waals surface area contributed by atoms with Gasteiger partial charge in [0, 0.05) is 12.1 Å². The number of carbonyl (C=O) groups is 2. The first-order valence-electron chi connectivity index (χ1n) is 14.9. The minimum Gasteiger partial charge on any atom is -0.494 e. The number of nitrogens with zero attached hydrogens (tertiary/aromatic N) is 2. The Kier molecular flexibility index (Phi) is 5.83. The molecule has 1 heterocycles. The number of carbonyl (C=O) groups excluding carboxylic acids is 2. The van der Waals surface area contributed by atoms with Crippen molar-refractivity contribution in [3.63, 3.8) is 0 Å². The topological polar surface area (TPSA) is 59.0 Å². The Bertz CT molecular complexity index is 1890. The molecule has 1 aliphatic heterocycles. The molecule has 5 aromatic rings. The van der Waals surface area contributed by atoms with Crippen molar-refractivity contribution < 1.29 is 14.3 Å². The summed E-state index contributed by atoms with van der Waals surface area (Å²) in [6.07, 6.45) is 1.99. The number of benzene rings is 5. The van der Waals surface area contributed by atoms with Crippen molar-refractivity contribution in [2.24, 2.45) is 16.8 Å². The van der Waals surface area contributed by atoms with Gasteiger partial charge in [-0.25, -0.2) is 4.90 Å². The summed E-state index contributed by atoms with van der Waals surface area (Å²) >= 11 is 0. The fourth-order valence-corrected chi connectivity index (χ4v) is 7.88. The van der Waals surface area contributed by atoms with Crippen LogP contribution in [0.5, 0.6) is 5.75 Å². The number of rotatable bonds is 6. The lowest BCUT2D eigenvalue weighted by Gasteiger charge is -2.52. The number of aliphatic imine (C=N–C) groups is 1. The van der Waals surface area contributed by atoms with Gasteiger partial charge in [-0.2, -0.15) is 0 Å². The number of anilines is 1. The maximum absolute atomic E-state index is 14.6. The SMILES string of the molecule is CCOc1ccc(N2C(=O)[C@@H]3[C@@H](C2=O)C2c4ccccc4C3(C=NCc3cccc4ccccc34)c3ccccc32)cc1. The highest BCUT2D eigenvalue weighted by atomic mass is 16.5. The Morgan fingerprint density at radius 2 is 1.42 bits per heavy atom. The van der Waals surface area contributed by atoms with Crippen LogP contribution in [0.25, 0.3) is 10.8 Å². The number of hydrogen-bond donors (Lipinski definition) is 0. The van der Waals surface area contributed by atoms with E-state index >= 15 is 0 Å². The minimum atomic E-state index is -0.871. The van der Waals surface area contributed by atoms with Gasteiger partial charge in [0.05, 0.1) is 36.1 Å². The fourth-order valence-electron chi connectivity index (χ4n) is 7.88. The lowest BCUT2D eigenvalue weighted by Crippen LogP contribution is -2.54. The van der Waals surface area contributed by atoms with Gasteiger partial charge in [-0.3, -0.25) is 14.6 Å². The molecular formula is C38H30N2O3. The maximum atomic E-state index is 14.6. The first kappa shape index (κ1) is 25.7. The Morgan fingerprint density at radius 3 is 2.14 bits per heavy atom. The molecule has 0 radical (unpaired) electrons. The quantitative estimate of drug-likeness (QED) is 0.164. The molecule has 210 valence electrons. The second kappa shape index (κ2) is 9.77. The van der Waals surface area contributed by atoms with E-state index in [0.29, 0.717) is 24.6 Å². The molecule has 9 rings (SSSR count). The standard InChI is InChI=1S/C38H30N2O3/c1-2-43-27-20-18-26(19-21-27)40-36(41)34-33-29-14-5-7-16-31(29)38(35(34)37(40)42,32-17-8-6-15-30(32)33)23-39-22-25-12-9-11-24-10-3-4-13-28(24)25/h3-21,23,33-35H,2,22H2,1H3/t33?,34-,35-,38?/m0/s1. The maximum Gasteiger partial charge on any atom is 0.239 e. The summed E-state index contributed by atoms with van der Waals surface area (Å²) in [6, 6.07) is 38.5. The number of amides is 2. The van der Waals surface area contributed by atoms with Gasteiger partial charge in [0.2, 0.25) is 11.8 Å². The second-order valence-electron chi connectivity index (χ2n) is 11.6. The highest BCUT2D eigenvalue weighted by Gasteiger charge is 2.67. The van der Waals surface area contributed by atoms with Gasteiger partial charge in [0.15, 0.2) is 0 Å². The molecule has 0 spiro atoms. The van der Waals surface area contributed by atoms with Crippen molar-refractivity contribution in [2.75, 3.05) is 11.5 Å². The lowest BCUT2D eigenvalue weighted by atomic mass is 9.47. The Labute approximate surface area is 250 Å².